The van der Waals surface area contributed by atoms with Gasteiger partial charge in [0.15, 0.2) is 6.23 Å². The Morgan fingerprint density at radius 3 is 2.35 bits per heavy atom. The zero-order valence-electron chi connectivity index (χ0n) is 21.5. The van der Waals surface area contributed by atoms with Crippen molar-refractivity contribution in [3.8, 4) is 17.3 Å². The molecular weight excluding hydrogens is 507 g/mol. The van der Waals surface area contributed by atoms with Crippen LogP contribution in [-0.2, 0) is 6.42 Å². The van der Waals surface area contributed by atoms with Crippen LogP contribution in [0.2, 0.25) is 10.0 Å². The summed E-state index contributed by atoms with van der Waals surface area (Å²) in [7, 11) is 1.62. The van der Waals surface area contributed by atoms with E-state index in [1.807, 2.05) is 66.4 Å². The van der Waals surface area contributed by atoms with Crippen molar-refractivity contribution in [3.63, 3.8) is 0 Å². The second-order valence-electron chi connectivity index (χ2n) is 9.54. The van der Waals surface area contributed by atoms with Crippen LogP contribution in [0.25, 0.3) is 11.4 Å². The highest BCUT2D eigenvalue weighted by Crippen LogP contribution is 2.50. The average Bonchev–Trinajstić information content (AvgIpc) is 3.40. The molecule has 0 bridgehead atoms. The van der Waals surface area contributed by atoms with Crippen molar-refractivity contribution in [1.29, 1.82) is 0 Å². The van der Waals surface area contributed by atoms with Gasteiger partial charge in [-0.15, -0.1) is 0 Å². The summed E-state index contributed by atoms with van der Waals surface area (Å²) in [6, 6.07) is 17.1. The zero-order chi connectivity index (χ0) is 26.4. The van der Waals surface area contributed by atoms with Gasteiger partial charge in [-0.25, -0.2) is 9.97 Å². The van der Waals surface area contributed by atoms with Gasteiger partial charge in [0.05, 0.1) is 24.5 Å². The Hall–Kier alpha value is -3.06. The monoisotopic (exact) mass is 536 g/mol. The van der Waals surface area contributed by atoms with Crippen LogP contribution in [0.5, 0.6) is 5.88 Å². The molecule has 0 aliphatic carbocycles. The van der Waals surface area contributed by atoms with Gasteiger partial charge in [-0.2, -0.15) is 0 Å². The number of hydrogen-bond acceptors (Lipinski definition) is 5. The number of halogens is 2. The molecule has 1 aliphatic rings. The largest absolute Gasteiger partial charge is 0.481 e. The quantitative estimate of drug-likeness (QED) is 0.279. The summed E-state index contributed by atoms with van der Waals surface area (Å²) in [5.74, 6) is 1.35. The molecule has 1 aliphatic heterocycles. The molecule has 0 saturated heterocycles. The molecule has 0 amide bonds. The lowest BCUT2D eigenvalue weighted by molar-refractivity contribution is 0.174. The summed E-state index contributed by atoms with van der Waals surface area (Å²) < 4.78 is 7.59. The number of rotatable bonds is 6. The summed E-state index contributed by atoms with van der Waals surface area (Å²) in [6.45, 7) is 8.35. The number of hydrogen-bond donors (Lipinski definition) is 1. The van der Waals surface area contributed by atoms with E-state index in [-0.39, 0.29) is 12.1 Å². The maximum absolute atomic E-state index is 11.8. The molecule has 2 atom stereocenters. The highest BCUT2D eigenvalue weighted by atomic mass is 35.5. The topological polar surface area (TPSA) is 63.4 Å². The van der Waals surface area contributed by atoms with Crippen LogP contribution in [0.15, 0.2) is 54.6 Å². The molecular formula is C29H30Cl2N4O2. The lowest BCUT2D eigenvalue weighted by Crippen LogP contribution is -2.29. The van der Waals surface area contributed by atoms with Crippen molar-refractivity contribution >= 4 is 28.9 Å². The molecule has 8 heteroatoms. The van der Waals surface area contributed by atoms with Crippen LogP contribution in [0.1, 0.15) is 67.3 Å². The summed E-state index contributed by atoms with van der Waals surface area (Å²) >= 11 is 12.7. The number of aryl methyl sites for hydroxylation is 2. The fraction of sp³-hybridized carbons (Fsp3) is 0.310. The predicted octanol–water partition coefficient (Wildman–Crippen LogP) is 7.31. The Morgan fingerprint density at radius 2 is 1.70 bits per heavy atom. The average molecular weight is 537 g/mol. The van der Waals surface area contributed by atoms with Gasteiger partial charge in [0, 0.05) is 33.4 Å². The van der Waals surface area contributed by atoms with Crippen LogP contribution < -0.4 is 9.64 Å². The van der Waals surface area contributed by atoms with Gasteiger partial charge in [0.2, 0.25) is 5.88 Å². The molecule has 192 valence electrons. The first kappa shape index (κ1) is 25.6. The third-order valence-electron chi connectivity index (χ3n) is 6.91. The van der Waals surface area contributed by atoms with Crippen molar-refractivity contribution in [2.45, 2.75) is 52.4 Å². The van der Waals surface area contributed by atoms with E-state index in [1.165, 1.54) is 0 Å². The Morgan fingerprint density at radius 1 is 1.00 bits per heavy atom. The number of fused-ring (bicyclic) bond motifs is 1. The fourth-order valence-electron chi connectivity index (χ4n) is 5.21. The zero-order valence-corrected chi connectivity index (χ0v) is 23.0. The molecule has 2 aromatic carbocycles. The first-order valence-corrected chi connectivity index (χ1v) is 13.1. The number of imidazole rings is 1. The fourth-order valence-corrected chi connectivity index (χ4v) is 5.50. The Bertz CT molecular complexity index is 1450. The number of ether oxygens (including phenoxy) is 1. The molecule has 2 aromatic heterocycles. The summed E-state index contributed by atoms with van der Waals surface area (Å²) in [4.78, 5) is 11.8. The van der Waals surface area contributed by atoms with E-state index in [2.05, 4.69) is 30.3 Å². The highest BCUT2D eigenvalue weighted by Gasteiger charge is 2.45. The third-order valence-corrected chi connectivity index (χ3v) is 7.39. The number of aliphatic hydroxyl groups is 1. The molecule has 5 rings (SSSR count). The van der Waals surface area contributed by atoms with Gasteiger partial charge in [-0.3, -0.25) is 0 Å². The standard InChI is InChI=1S/C29H30Cl2N4O2/c1-6-22-21(13-14-24(32-22)37-5)28-33-25-27(34(28)16(2)3)26(18-8-11-19(30)12-9-18)35(29(25)36)23-15-20(31)10-7-17(23)4/h7-16,26,29,36H,6H2,1-5H3. The van der Waals surface area contributed by atoms with Crippen LogP contribution in [0.4, 0.5) is 5.69 Å². The number of aliphatic hydroxyl groups excluding tert-OH is 1. The number of pyridine rings is 1. The van der Waals surface area contributed by atoms with Gasteiger partial charge >= 0.3 is 0 Å². The van der Waals surface area contributed by atoms with E-state index in [9.17, 15) is 5.11 Å². The first-order chi connectivity index (χ1) is 17.7. The first-order valence-electron chi connectivity index (χ1n) is 12.4. The molecule has 3 heterocycles. The van der Waals surface area contributed by atoms with Crippen LogP contribution in [-0.4, -0.2) is 26.8 Å². The van der Waals surface area contributed by atoms with E-state index >= 15 is 0 Å². The van der Waals surface area contributed by atoms with Crippen molar-refractivity contribution < 1.29 is 9.84 Å². The Kier molecular flexibility index (Phi) is 6.92. The molecule has 0 saturated carbocycles. The lowest BCUT2D eigenvalue weighted by Gasteiger charge is -2.33. The molecule has 37 heavy (non-hydrogen) atoms. The smallest absolute Gasteiger partial charge is 0.213 e. The van der Waals surface area contributed by atoms with Gasteiger partial charge in [0.1, 0.15) is 11.5 Å². The van der Waals surface area contributed by atoms with Crippen molar-refractivity contribution in [2.75, 3.05) is 12.0 Å². The number of nitrogens with zero attached hydrogens (tertiary/aromatic N) is 4. The second-order valence-corrected chi connectivity index (χ2v) is 10.4. The van der Waals surface area contributed by atoms with Crippen molar-refractivity contribution in [3.05, 3.63) is 92.9 Å². The number of anilines is 1. The van der Waals surface area contributed by atoms with E-state index in [1.54, 1.807) is 7.11 Å². The molecule has 0 radical (unpaired) electrons. The predicted molar refractivity (Wildman–Crippen MR) is 149 cm³/mol. The number of aromatic nitrogens is 3. The van der Waals surface area contributed by atoms with Gasteiger partial charge in [-0.1, -0.05) is 48.3 Å². The van der Waals surface area contributed by atoms with Crippen molar-refractivity contribution in [2.24, 2.45) is 0 Å². The molecule has 0 fully saturated rings. The minimum Gasteiger partial charge on any atom is -0.481 e. The van der Waals surface area contributed by atoms with Gasteiger partial charge in [0.25, 0.3) is 0 Å². The second kappa shape index (κ2) is 10.0. The third kappa shape index (κ3) is 4.37. The molecule has 1 N–H and O–H groups in total. The Balaban J connectivity index is 1.78. The Labute approximate surface area is 227 Å². The van der Waals surface area contributed by atoms with E-state index in [4.69, 9.17) is 32.9 Å². The van der Waals surface area contributed by atoms with E-state index in [0.29, 0.717) is 21.6 Å². The number of methoxy groups -OCH3 is 1. The van der Waals surface area contributed by atoms with Gasteiger partial charge < -0.3 is 19.3 Å². The molecule has 2 unspecified atom stereocenters. The maximum Gasteiger partial charge on any atom is 0.213 e. The maximum atomic E-state index is 11.8. The van der Waals surface area contributed by atoms with E-state index < -0.39 is 6.23 Å². The van der Waals surface area contributed by atoms with Crippen molar-refractivity contribution in [1.82, 2.24) is 14.5 Å². The molecule has 4 aromatic rings. The van der Waals surface area contributed by atoms with Crippen LogP contribution in [0.3, 0.4) is 0 Å². The minimum absolute atomic E-state index is 0.0699. The SMILES string of the molecule is CCc1nc(OC)ccc1-c1nc2c(n1C(C)C)C(c1ccc(Cl)cc1)N(c1cc(Cl)ccc1C)C2O. The van der Waals surface area contributed by atoms with Gasteiger partial charge in [-0.05, 0) is 68.7 Å². The number of benzene rings is 2. The van der Waals surface area contributed by atoms with Crippen LogP contribution >= 0.6 is 23.2 Å². The minimum atomic E-state index is -0.970. The molecule has 6 nitrogen and oxygen atoms in total. The van der Waals surface area contributed by atoms with E-state index in [0.717, 1.165) is 46.0 Å². The lowest BCUT2D eigenvalue weighted by atomic mass is 10.0. The molecule has 0 spiro atoms. The summed E-state index contributed by atoms with van der Waals surface area (Å²) in [5.41, 5.74) is 6.26. The summed E-state index contributed by atoms with van der Waals surface area (Å²) in [5, 5.41) is 13.1. The van der Waals surface area contributed by atoms with Crippen LogP contribution in [0, 0.1) is 6.92 Å². The normalized spacial score (nSPS) is 16.9. The highest BCUT2D eigenvalue weighted by molar-refractivity contribution is 6.31. The summed E-state index contributed by atoms with van der Waals surface area (Å²) in [6.07, 6.45) is -0.248.